The average molecular weight is 418 g/mol. The van der Waals surface area contributed by atoms with Crippen LogP contribution >= 0.6 is 45.5 Å². The lowest BCUT2D eigenvalue weighted by atomic mass is 10.1. The zero-order chi connectivity index (χ0) is 14.1. The highest BCUT2D eigenvalue weighted by Crippen LogP contribution is 2.32. The van der Waals surface area contributed by atoms with Crippen molar-refractivity contribution in [1.29, 1.82) is 0 Å². The minimum Gasteiger partial charge on any atom is -0.241 e. The first-order valence-electron chi connectivity index (χ1n) is 6.07. The number of halogens is 3. The third-order valence-corrected chi connectivity index (χ3v) is 5.37. The average Bonchev–Trinajstić information content (AvgIpc) is 2.80. The number of nitrogens with zero attached hydrogens (tertiary/aromatic N) is 1. The summed E-state index contributed by atoms with van der Waals surface area (Å²) in [6, 6.07) is 12.7. The molecule has 0 N–H and O–H groups in total. The number of rotatable bonds is 3. The number of hydrogen-bond acceptors (Lipinski definition) is 2. The molecular formula is C15H10ClFINS. The molecule has 1 nitrogen and oxygen atoms in total. The highest BCUT2D eigenvalue weighted by Gasteiger charge is 2.15. The maximum absolute atomic E-state index is 13.1. The summed E-state index contributed by atoms with van der Waals surface area (Å²) in [5.74, 6) is -0.234. The van der Waals surface area contributed by atoms with Gasteiger partial charge in [-0.2, -0.15) is 0 Å². The highest BCUT2D eigenvalue weighted by molar-refractivity contribution is 14.1. The molecule has 3 aromatic rings. The number of alkyl halides is 1. The minimum atomic E-state index is -0.234. The Morgan fingerprint density at radius 2 is 2.05 bits per heavy atom. The molecule has 3 rings (SSSR count). The molecule has 0 aliphatic carbocycles. The number of benzene rings is 2. The molecule has 0 radical (unpaired) electrons. The summed E-state index contributed by atoms with van der Waals surface area (Å²) in [6.45, 7) is 0. The predicted molar refractivity (Wildman–Crippen MR) is 91.0 cm³/mol. The van der Waals surface area contributed by atoms with Gasteiger partial charge in [-0.3, -0.25) is 0 Å². The van der Waals surface area contributed by atoms with Crippen molar-refractivity contribution in [3.05, 3.63) is 62.4 Å². The van der Waals surface area contributed by atoms with E-state index in [0.29, 0.717) is 6.42 Å². The van der Waals surface area contributed by atoms with Crippen molar-refractivity contribution in [2.24, 2.45) is 0 Å². The predicted octanol–water partition coefficient (Wildman–Crippen LogP) is 5.56. The summed E-state index contributed by atoms with van der Waals surface area (Å²) in [5.41, 5.74) is 1.96. The number of aromatic nitrogens is 1. The molecule has 1 unspecified atom stereocenters. The fourth-order valence-electron chi connectivity index (χ4n) is 2.03. The van der Waals surface area contributed by atoms with Crippen LogP contribution in [0.1, 0.15) is 15.9 Å². The summed E-state index contributed by atoms with van der Waals surface area (Å²) >= 11 is 10.2. The largest absolute Gasteiger partial charge is 0.241 e. The summed E-state index contributed by atoms with van der Waals surface area (Å²) in [7, 11) is 0. The van der Waals surface area contributed by atoms with Gasteiger partial charge in [-0.1, -0.05) is 18.2 Å². The van der Waals surface area contributed by atoms with Crippen molar-refractivity contribution < 1.29 is 4.39 Å². The molecule has 1 aromatic heterocycles. The molecule has 0 aliphatic rings. The van der Waals surface area contributed by atoms with Crippen molar-refractivity contribution in [1.82, 2.24) is 4.98 Å². The maximum atomic E-state index is 13.1. The van der Waals surface area contributed by atoms with Gasteiger partial charge in [0.1, 0.15) is 5.82 Å². The van der Waals surface area contributed by atoms with Crippen LogP contribution in [0.4, 0.5) is 4.39 Å². The second kappa shape index (κ2) is 5.95. The van der Waals surface area contributed by atoms with Crippen LogP contribution in [0.5, 0.6) is 0 Å². The van der Waals surface area contributed by atoms with Crippen molar-refractivity contribution >= 4 is 55.7 Å². The van der Waals surface area contributed by atoms with E-state index in [4.69, 9.17) is 11.6 Å². The fraction of sp³-hybridized carbons (Fsp3) is 0.133. The Kier molecular flexibility index (Phi) is 4.23. The van der Waals surface area contributed by atoms with E-state index in [9.17, 15) is 4.39 Å². The van der Waals surface area contributed by atoms with E-state index in [2.05, 4.69) is 33.6 Å². The topological polar surface area (TPSA) is 12.9 Å². The molecule has 0 spiro atoms. The second-order valence-corrected chi connectivity index (χ2v) is 7.22. The van der Waals surface area contributed by atoms with Crippen LogP contribution in [0.25, 0.3) is 10.2 Å². The van der Waals surface area contributed by atoms with Gasteiger partial charge in [0.25, 0.3) is 0 Å². The molecular weight excluding hydrogens is 408 g/mol. The van der Waals surface area contributed by atoms with Gasteiger partial charge < -0.3 is 0 Å². The molecule has 5 heteroatoms. The van der Waals surface area contributed by atoms with Gasteiger partial charge >= 0.3 is 0 Å². The first-order valence-corrected chi connectivity index (χ1v) is 8.40. The van der Waals surface area contributed by atoms with Gasteiger partial charge in [-0.05, 0) is 52.4 Å². The Morgan fingerprint density at radius 3 is 2.80 bits per heavy atom. The molecule has 0 bridgehead atoms. The molecule has 0 saturated carbocycles. The second-order valence-electron chi connectivity index (χ2n) is 4.41. The minimum absolute atomic E-state index is 0.192. The Labute approximate surface area is 138 Å². The van der Waals surface area contributed by atoms with Gasteiger partial charge in [-0.25, -0.2) is 9.37 Å². The lowest BCUT2D eigenvalue weighted by Crippen LogP contribution is -1.98. The molecule has 0 fully saturated rings. The van der Waals surface area contributed by atoms with E-state index in [-0.39, 0.29) is 11.2 Å². The summed E-state index contributed by atoms with van der Waals surface area (Å²) in [6.07, 6.45) is 0.655. The number of fused-ring (bicyclic) bond motifs is 1. The molecule has 20 heavy (non-hydrogen) atoms. The number of para-hydroxylation sites is 1. The lowest BCUT2D eigenvalue weighted by Gasteiger charge is -2.10. The van der Waals surface area contributed by atoms with Gasteiger partial charge in [0.05, 0.1) is 20.6 Å². The smallest absolute Gasteiger partial charge is 0.124 e. The van der Waals surface area contributed by atoms with E-state index in [0.717, 1.165) is 19.7 Å². The third-order valence-electron chi connectivity index (χ3n) is 2.99. The van der Waals surface area contributed by atoms with Crippen LogP contribution in [0.15, 0.2) is 42.5 Å². The highest BCUT2D eigenvalue weighted by atomic mass is 127. The van der Waals surface area contributed by atoms with Crippen LogP contribution in [-0.2, 0) is 6.42 Å². The van der Waals surface area contributed by atoms with Gasteiger partial charge in [0, 0.05) is 9.99 Å². The third kappa shape index (κ3) is 2.97. The van der Waals surface area contributed by atoms with Crippen molar-refractivity contribution in [2.45, 2.75) is 11.8 Å². The van der Waals surface area contributed by atoms with E-state index >= 15 is 0 Å². The normalized spacial score (nSPS) is 12.8. The van der Waals surface area contributed by atoms with Crippen LogP contribution in [0, 0.1) is 9.39 Å². The first kappa shape index (κ1) is 14.2. The van der Waals surface area contributed by atoms with Crippen LogP contribution in [0.2, 0.25) is 0 Å². The van der Waals surface area contributed by atoms with E-state index < -0.39 is 0 Å². The number of hydrogen-bond donors (Lipinski definition) is 0. The molecule has 2 aromatic carbocycles. The van der Waals surface area contributed by atoms with E-state index in [1.165, 1.54) is 16.8 Å². The number of thiazole rings is 1. The van der Waals surface area contributed by atoms with E-state index in [1.807, 2.05) is 18.2 Å². The monoisotopic (exact) mass is 417 g/mol. The SMILES string of the molecule is Fc1ccc(C(Cl)Cc2nc3ccccc3s2)c(I)c1. The Hall–Kier alpha value is -0.720. The van der Waals surface area contributed by atoms with Crippen molar-refractivity contribution in [3.8, 4) is 0 Å². The molecule has 0 aliphatic heterocycles. The standard InChI is InChI=1S/C15H10ClFINS/c16-11(10-6-5-9(17)7-12(10)18)8-15-19-13-3-1-2-4-14(13)20-15/h1-7,11H,8H2. The molecule has 1 atom stereocenters. The lowest BCUT2D eigenvalue weighted by molar-refractivity contribution is 0.625. The Morgan fingerprint density at radius 1 is 1.25 bits per heavy atom. The van der Waals surface area contributed by atoms with E-state index in [1.54, 1.807) is 17.4 Å². The first-order chi connectivity index (χ1) is 9.63. The Bertz CT molecular complexity index is 725. The summed E-state index contributed by atoms with van der Waals surface area (Å²) < 4.78 is 15.1. The van der Waals surface area contributed by atoms with Crippen molar-refractivity contribution in [3.63, 3.8) is 0 Å². The van der Waals surface area contributed by atoms with Crippen LogP contribution in [0.3, 0.4) is 0 Å². The van der Waals surface area contributed by atoms with Gasteiger partial charge in [0.15, 0.2) is 0 Å². The fourth-order valence-corrected chi connectivity index (χ4v) is 4.50. The van der Waals surface area contributed by atoms with Gasteiger partial charge in [-0.15, -0.1) is 22.9 Å². The van der Waals surface area contributed by atoms with Crippen molar-refractivity contribution in [2.75, 3.05) is 0 Å². The summed E-state index contributed by atoms with van der Waals surface area (Å²) in [5, 5.41) is 0.814. The molecule has 102 valence electrons. The molecule has 0 saturated heterocycles. The Balaban J connectivity index is 1.86. The summed E-state index contributed by atoms with van der Waals surface area (Å²) in [4.78, 5) is 4.58. The molecule has 1 heterocycles. The molecule has 0 amide bonds. The quantitative estimate of drug-likeness (QED) is 0.401. The van der Waals surface area contributed by atoms with Gasteiger partial charge in [0.2, 0.25) is 0 Å². The zero-order valence-electron chi connectivity index (χ0n) is 10.3. The maximum Gasteiger partial charge on any atom is 0.124 e. The van der Waals surface area contributed by atoms with Crippen LogP contribution in [-0.4, -0.2) is 4.98 Å². The zero-order valence-corrected chi connectivity index (χ0v) is 14.0. The van der Waals surface area contributed by atoms with Crippen LogP contribution < -0.4 is 0 Å².